The summed E-state index contributed by atoms with van der Waals surface area (Å²) in [6.45, 7) is 6.72. The second-order valence-corrected chi connectivity index (χ2v) is 12.7. The third-order valence-electron chi connectivity index (χ3n) is 5.83. The van der Waals surface area contributed by atoms with E-state index in [1.54, 1.807) is 0 Å². The van der Waals surface area contributed by atoms with Gasteiger partial charge in [-0.2, -0.15) is 18.6 Å². The zero-order valence-corrected chi connectivity index (χ0v) is 23.7. The van der Waals surface area contributed by atoms with Gasteiger partial charge in [0, 0.05) is 10.3 Å². The minimum Gasteiger partial charge on any atom is -0.768 e. The molecular weight excluding hydrogens is 607 g/mol. The van der Waals surface area contributed by atoms with Crippen LogP contribution in [-0.4, -0.2) is 35.3 Å². The quantitative estimate of drug-likeness (QED) is 0.0859. The molecule has 4 aromatic carbocycles. The third kappa shape index (κ3) is 6.32. The molecule has 0 aromatic heterocycles. The number of nitrogens with two attached hydrogens (primary N) is 1. The van der Waals surface area contributed by atoms with Crippen molar-refractivity contribution >= 4 is 75.2 Å². The van der Waals surface area contributed by atoms with Crippen LogP contribution >= 0.6 is 0 Å². The molecule has 0 radical (unpaired) electrons. The minimum absolute atomic E-state index is 0.0511. The Bertz CT molecular complexity index is 2040. The summed E-state index contributed by atoms with van der Waals surface area (Å²) in [5.41, 5.74) is 6.42. The number of sulfone groups is 1. The van der Waals surface area contributed by atoms with Gasteiger partial charge in [0.25, 0.3) is 10.1 Å². The lowest BCUT2D eigenvalue weighted by Gasteiger charge is -2.12. The Morgan fingerprint density at radius 1 is 0.905 bits per heavy atom. The molecule has 0 saturated carbocycles. The fourth-order valence-electron chi connectivity index (χ4n) is 3.66. The van der Waals surface area contributed by atoms with Gasteiger partial charge in [-0.25, -0.2) is 8.42 Å². The third-order valence-corrected chi connectivity index (χ3v) is 8.70. The summed E-state index contributed by atoms with van der Waals surface area (Å²) in [7, 11) is -8.59. The maximum absolute atomic E-state index is 12.1. The molecular formula is C26H20N5O8S3-. The topological polar surface area (TPSA) is 224 Å². The number of nitrogens with zero attached hydrogens (tertiary/aromatic N) is 4. The number of anilines is 1. The maximum Gasteiger partial charge on any atom is 0.296 e. The summed E-state index contributed by atoms with van der Waals surface area (Å²) >= 11 is -2.48. The maximum atomic E-state index is 12.1. The molecule has 0 saturated heterocycles. The Labute approximate surface area is 242 Å². The predicted octanol–water partition coefficient (Wildman–Crippen LogP) is 5.97. The highest BCUT2D eigenvalue weighted by Crippen LogP contribution is 2.46. The second kappa shape index (κ2) is 11.7. The van der Waals surface area contributed by atoms with Crippen LogP contribution in [0, 0.1) is 0 Å². The minimum atomic E-state index is -4.90. The van der Waals surface area contributed by atoms with Crippen LogP contribution in [0.4, 0.5) is 28.4 Å². The largest absolute Gasteiger partial charge is 0.768 e. The molecule has 16 heteroatoms. The number of phenolic OH excluding ortho intramolecular Hbond substituents is 1. The van der Waals surface area contributed by atoms with E-state index in [2.05, 4.69) is 33.6 Å². The average Bonchev–Trinajstić information content (AvgIpc) is 2.95. The lowest BCUT2D eigenvalue weighted by Crippen LogP contribution is -2.00. The van der Waals surface area contributed by atoms with Gasteiger partial charge in [0.15, 0.2) is 15.6 Å². The van der Waals surface area contributed by atoms with Crippen molar-refractivity contribution in [2.75, 3.05) is 5.73 Å². The van der Waals surface area contributed by atoms with Gasteiger partial charge in [-0.1, -0.05) is 31.4 Å². The number of hydrogen-bond donors (Lipinski definition) is 3. The van der Waals surface area contributed by atoms with Gasteiger partial charge in [0.05, 0.1) is 27.3 Å². The van der Waals surface area contributed by atoms with Crippen LogP contribution < -0.4 is 5.73 Å². The van der Waals surface area contributed by atoms with Crippen LogP contribution in [-0.2, 0) is 31.0 Å². The number of nitrogen functional groups attached to an aromatic ring is 1. The molecule has 1 atom stereocenters. The van der Waals surface area contributed by atoms with Crippen molar-refractivity contribution in [3.8, 4) is 5.75 Å². The summed E-state index contributed by atoms with van der Waals surface area (Å²) in [6, 6.07) is 14.9. The SMILES string of the molecule is C=CS(=O)(=O)c1ccc(N=Nc2c(S(=O)(=O)O)cc3ccc(N=Nc4ccc(C(=C)S(=O)[O-])cc4)c(N)c3c2O)cc1. The Hall–Kier alpha value is -4.61. The Balaban J connectivity index is 1.76. The normalized spacial score (nSPS) is 13.1. The van der Waals surface area contributed by atoms with Gasteiger partial charge in [-0.3, -0.25) is 8.76 Å². The first-order chi connectivity index (χ1) is 19.7. The van der Waals surface area contributed by atoms with E-state index >= 15 is 0 Å². The number of hydrogen-bond acceptors (Lipinski definition) is 12. The molecule has 0 aliphatic rings. The molecule has 0 amide bonds. The molecule has 4 N–H and O–H groups in total. The Morgan fingerprint density at radius 2 is 1.48 bits per heavy atom. The lowest BCUT2D eigenvalue weighted by atomic mass is 10.1. The number of aromatic hydroxyl groups is 1. The zero-order chi connectivity index (χ0) is 30.8. The van der Waals surface area contributed by atoms with Crippen molar-refractivity contribution in [2.45, 2.75) is 9.79 Å². The first kappa shape index (κ1) is 30.4. The monoisotopic (exact) mass is 626 g/mol. The number of phenols is 1. The standard InChI is InChI=1S/C26H21N5O8S3/c1-3-41(35,36)20-11-9-19(10-12-20)29-31-25-22(42(37,38)39)14-17-6-13-21(24(27)23(17)26(25)32)30-28-18-7-4-16(5-8-18)15(2)40(33)34/h3-14,32H,1-2,27H2,(H,33,34)(H,37,38,39)/p-1. The van der Waals surface area contributed by atoms with Gasteiger partial charge in [-0.05, 0) is 70.6 Å². The van der Waals surface area contributed by atoms with Crippen LogP contribution in [0.25, 0.3) is 15.7 Å². The highest BCUT2D eigenvalue weighted by molar-refractivity contribution is 7.94. The average molecular weight is 627 g/mol. The lowest BCUT2D eigenvalue weighted by molar-refractivity contribution is 0.472. The first-order valence-corrected chi connectivity index (χ1v) is 15.5. The van der Waals surface area contributed by atoms with E-state index in [1.165, 1.54) is 60.7 Å². The molecule has 0 aliphatic carbocycles. The van der Waals surface area contributed by atoms with Gasteiger partial charge < -0.3 is 15.4 Å². The molecule has 0 bridgehead atoms. The highest BCUT2D eigenvalue weighted by Gasteiger charge is 2.24. The number of fused-ring (bicyclic) bond motifs is 1. The van der Waals surface area contributed by atoms with E-state index in [0.717, 1.165) is 11.5 Å². The van der Waals surface area contributed by atoms with E-state index in [9.17, 15) is 35.3 Å². The summed E-state index contributed by atoms with van der Waals surface area (Å²) in [5.74, 6) is -0.724. The molecule has 0 aliphatic heterocycles. The van der Waals surface area contributed by atoms with Crippen LogP contribution in [0.1, 0.15) is 5.56 Å². The molecule has 0 heterocycles. The van der Waals surface area contributed by atoms with Crippen LogP contribution in [0.3, 0.4) is 0 Å². The van der Waals surface area contributed by atoms with Crippen LogP contribution in [0.2, 0.25) is 0 Å². The van der Waals surface area contributed by atoms with E-state index in [0.29, 0.717) is 11.3 Å². The van der Waals surface area contributed by atoms with Crippen molar-refractivity contribution in [3.63, 3.8) is 0 Å². The molecule has 1 unspecified atom stereocenters. The molecule has 216 valence electrons. The molecule has 4 aromatic rings. The van der Waals surface area contributed by atoms with Gasteiger partial charge >= 0.3 is 0 Å². The second-order valence-electron chi connectivity index (χ2n) is 8.45. The summed E-state index contributed by atoms with van der Waals surface area (Å²) in [4.78, 5) is -0.905. The van der Waals surface area contributed by atoms with Crippen molar-refractivity contribution in [1.29, 1.82) is 0 Å². The van der Waals surface area contributed by atoms with Gasteiger partial charge in [0.2, 0.25) is 0 Å². The molecule has 0 spiro atoms. The summed E-state index contributed by atoms with van der Waals surface area (Å²) in [6.07, 6.45) is 0. The van der Waals surface area contributed by atoms with Gasteiger partial charge in [0.1, 0.15) is 16.3 Å². The van der Waals surface area contributed by atoms with Crippen molar-refractivity contribution < 1.29 is 35.3 Å². The van der Waals surface area contributed by atoms with Crippen molar-refractivity contribution in [2.24, 2.45) is 20.5 Å². The summed E-state index contributed by atoms with van der Waals surface area (Å²) < 4.78 is 80.0. The van der Waals surface area contributed by atoms with E-state index in [1.807, 2.05) is 0 Å². The van der Waals surface area contributed by atoms with Crippen molar-refractivity contribution in [3.05, 3.63) is 90.9 Å². The van der Waals surface area contributed by atoms with E-state index in [4.69, 9.17) is 5.73 Å². The van der Waals surface area contributed by atoms with Crippen LogP contribution in [0.15, 0.2) is 116 Å². The molecule has 4 rings (SSSR count). The Kier molecular flexibility index (Phi) is 8.46. The Morgan fingerprint density at radius 3 is 2.02 bits per heavy atom. The predicted molar refractivity (Wildman–Crippen MR) is 156 cm³/mol. The molecule has 42 heavy (non-hydrogen) atoms. The fourth-order valence-corrected chi connectivity index (χ4v) is 5.36. The van der Waals surface area contributed by atoms with E-state index in [-0.39, 0.29) is 37.6 Å². The van der Waals surface area contributed by atoms with Crippen LogP contribution in [0.5, 0.6) is 5.75 Å². The summed E-state index contributed by atoms with van der Waals surface area (Å²) in [5, 5.41) is 27.7. The van der Waals surface area contributed by atoms with Gasteiger partial charge in [-0.15, -0.1) is 10.2 Å². The first-order valence-electron chi connectivity index (χ1n) is 11.5. The number of benzene rings is 4. The molecule has 13 nitrogen and oxygen atoms in total. The fraction of sp³-hybridized carbons (Fsp3) is 0. The number of azo groups is 2. The highest BCUT2D eigenvalue weighted by atomic mass is 32.2. The smallest absolute Gasteiger partial charge is 0.296 e. The number of rotatable bonds is 9. The van der Waals surface area contributed by atoms with E-state index < -0.39 is 47.4 Å². The molecule has 0 fully saturated rings. The zero-order valence-electron chi connectivity index (χ0n) is 21.3. The van der Waals surface area contributed by atoms with Crippen molar-refractivity contribution in [1.82, 2.24) is 0 Å².